The lowest BCUT2D eigenvalue weighted by Crippen LogP contribution is -2.57. The minimum absolute atomic E-state index is 0. The first-order chi connectivity index (χ1) is 12.2. The Labute approximate surface area is 189 Å². The third-order valence-electron chi connectivity index (χ3n) is 5.09. The van der Waals surface area contributed by atoms with Gasteiger partial charge in [0.25, 0.3) is 0 Å². The van der Waals surface area contributed by atoms with Crippen molar-refractivity contribution in [2.75, 3.05) is 32.4 Å². The molecule has 8 heteroatoms. The monoisotopic (exact) mass is 571 g/mol. The number of hydrogen-bond acceptors (Lipinski definition) is 3. The van der Waals surface area contributed by atoms with Gasteiger partial charge in [-0.05, 0) is 43.9 Å². The van der Waals surface area contributed by atoms with Crippen LogP contribution in [0.15, 0.2) is 33.7 Å². The van der Waals surface area contributed by atoms with Gasteiger partial charge >= 0.3 is 0 Å². The van der Waals surface area contributed by atoms with Crippen LogP contribution in [0.5, 0.6) is 0 Å². The van der Waals surface area contributed by atoms with E-state index in [9.17, 15) is 8.42 Å². The van der Waals surface area contributed by atoms with Crippen LogP contribution in [-0.2, 0) is 16.3 Å². The minimum atomic E-state index is -3.05. The number of nitrogens with one attached hydrogen (secondary N) is 1. The largest absolute Gasteiger partial charge is 0.356 e. The Bertz CT molecular complexity index is 753. The summed E-state index contributed by atoms with van der Waals surface area (Å²) >= 11 is 3.53. The molecule has 1 fully saturated rings. The number of guanidine groups is 1. The fourth-order valence-electron chi connectivity index (χ4n) is 3.25. The van der Waals surface area contributed by atoms with E-state index in [2.05, 4.69) is 56.3 Å². The molecule has 0 amide bonds. The summed E-state index contributed by atoms with van der Waals surface area (Å²) < 4.78 is 24.8. The molecule has 5 nitrogen and oxygen atoms in total. The molecule has 1 aromatic rings. The molecule has 2 rings (SSSR count). The Kier molecular flexibility index (Phi) is 9.54. The Morgan fingerprint density at radius 3 is 2.67 bits per heavy atom. The van der Waals surface area contributed by atoms with Crippen LogP contribution < -0.4 is 5.32 Å². The predicted molar refractivity (Wildman–Crippen MR) is 128 cm³/mol. The average molecular weight is 572 g/mol. The van der Waals surface area contributed by atoms with Crippen molar-refractivity contribution in [2.24, 2.45) is 10.9 Å². The smallest absolute Gasteiger partial charge is 0.193 e. The molecule has 1 aliphatic rings. The molecule has 0 radical (unpaired) electrons. The first-order valence-corrected chi connectivity index (χ1v) is 11.6. The maximum atomic E-state index is 12.2. The van der Waals surface area contributed by atoms with Gasteiger partial charge in [-0.2, -0.15) is 0 Å². The summed E-state index contributed by atoms with van der Waals surface area (Å²) in [6.45, 7) is 7.57. The highest BCUT2D eigenvalue weighted by Crippen LogP contribution is 2.24. The summed E-state index contributed by atoms with van der Waals surface area (Å²) in [7, 11) is -1.29. The number of aliphatic imine (C=N–C) groups is 1. The van der Waals surface area contributed by atoms with E-state index >= 15 is 0 Å². The molecule has 0 aromatic heterocycles. The second kappa shape index (κ2) is 10.4. The SMILES string of the molecule is CCC(CNC(=NC)N1CCS(=O)(=O)C(C)(C)C1)Cc1cccc(Br)c1.I. The Balaban J connectivity index is 0.00000364. The lowest BCUT2D eigenvalue weighted by atomic mass is 9.97. The molecular formula is C19H31BrIN3O2S. The molecule has 1 unspecified atom stereocenters. The molecule has 0 bridgehead atoms. The van der Waals surface area contributed by atoms with Crippen molar-refractivity contribution in [3.63, 3.8) is 0 Å². The van der Waals surface area contributed by atoms with Crippen LogP contribution in [0.4, 0.5) is 0 Å². The van der Waals surface area contributed by atoms with E-state index in [0.29, 0.717) is 19.0 Å². The molecule has 154 valence electrons. The van der Waals surface area contributed by atoms with E-state index < -0.39 is 14.6 Å². The quantitative estimate of drug-likeness (QED) is 0.332. The highest BCUT2D eigenvalue weighted by atomic mass is 127. The normalized spacial score (nSPS) is 19.9. The molecule has 27 heavy (non-hydrogen) atoms. The van der Waals surface area contributed by atoms with Crippen LogP contribution in [0.2, 0.25) is 0 Å². The van der Waals surface area contributed by atoms with Crippen molar-refractivity contribution >= 4 is 55.7 Å². The molecule has 0 spiro atoms. The predicted octanol–water partition coefficient (Wildman–Crippen LogP) is 3.72. The van der Waals surface area contributed by atoms with Crippen LogP contribution >= 0.6 is 39.9 Å². The topological polar surface area (TPSA) is 61.8 Å². The first kappa shape index (κ1) is 24.7. The van der Waals surface area contributed by atoms with Crippen molar-refractivity contribution in [3.8, 4) is 0 Å². The van der Waals surface area contributed by atoms with Crippen molar-refractivity contribution in [3.05, 3.63) is 34.3 Å². The lowest BCUT2D eigenvalue weighted by Gasteiger charge is -2.39. The van der Waals surface area contributed by atoms with E-state index in [1.54, 1.807) is 20.9 Å². The fourth-order valence-corrected chi connectivity index (χ4v) is 5.06. The lowest BCUT2D eigenvalue weighted by molar-refractivity contribution is 0.349. The summed E-state index contributed by atoms with van der Waals surface area (Å²) in [6, 6.07) is 8.42. The van der Waals surface area contributed by atoms with Crippen molar-refractivity contribution < 1.29 is 8.42 Å². The molecule has 1 aromatic carbocycles. The molecule has 1 N–H and O–H groups in total. The molecule has 1 atom stereocenters. The van der Waals surface area contributed by atoms with Crippen molar-refractivity contribution in [1.82, 2.24) is 10.2 Å². The van der Waals surface area contributed by atoms with E-state index in [-0.39, 0.29) is 29.7 Å². The second-order valence-electron chi connectivity index (χ2n) is 7.54. The highest BCUT2D eigenvalue weighted by Gasteiger charge is 2.40. The Hall–Kier alpha value is -0.350. The third kappa shape index (κ3) is 6.59. The first-order valence-electron chi connectivity index (χ1n) is 9.11. The maximum absolute atomic E-state index is 12.2. The molecule has 1 saturated heterocycles. The summed E-state index contributed by atoms with van der Waals surface area (Å²) in [4.78, 5) is 6.44. The van der Waals surface area contributed by atoms with Gasteiger partial charge in [0.05, 0.1) is 10.5 Å². The molecule has 1 heterocycles. The van der Waals surface area contributed by atoms with Gasteiger partial charge in [-0.25, -0.2) is 8.42 Å². The minimum Gasteiger partial charge on any atom is -0.356 e. The van der Waals surface area contributed by atoms with E-state index in [1.807, 2.05) is 6.07 Å². The van der Waals surface area contributed by atoms with Gasteiger partial charge in [0.15, 0.2) is 15.8 Å². The third-order valence-corrected chi connectivity index (χ3v) is 8.12. The fraction of sp³-hybridized carbons (Fsp3) is 0.632. The molecule has 0 aliphatic carbocycles. The maximum Gasteiger partial charge on any atom is 0.193 e. The van der Waals surface area contributed by atoms with Crippen LogP contribution in [0.3, 0.4) is 0 Å². The van der Waals surface area contributed by atoms with E-state index in [0.717, 1.165) is 29.8 Å². The Morgan fingerprint density at radius 1 is 1.41 bits per heavy atom. The zero-order chi connectivity index (χ0) is 19.4. The van der Waals surface area contributed by atoms with Gasteiger partial charge in [-0.15, -0.1) is 24.0 Å². The molecule has 1 aliphatic heterocycles. The highest BCUT2D eigenvalue weighted by molar-refractivity contribution is 14.0. The van der Waals surface area contributed by atoms with Crippen LogP contribution in [-0.4, -0.2) is 56.5 Å². The average Bonchev–Trinajstić information content (AvgIpc) is 2.57. The zero-order valence-corrected chi connectivity index (χ0v) is 21.3. The van der Waals surface area contributed by atoms with Gasteiger partial charge in [0, 0.05) is 31.2 Å². The van der Waals surface area contributed by atoms with Crippen molar-refractivity contribution in [2.45, 2.75) is 38.4 Å². The summed E-state index contributed by atoms with van der Waals surface area (Å²) in [5.74, 6) is 1.46. The molecular weight excluding hydrogens is 541 g/mol. The second-order valence-corrected chi connectivity index (χ2v) is 11.2. The zero-order valence-electron chi connectivity index (χ0n) is 16.5. The Morgan fingerprint density at radius 2 is 2.11 bits per heavy atom. The van der Waals surface area contributed by atoms with Gasteiger partial charge < -0.3 is 10.2 Å². The number of rotatable bonds is 5. The van der Waals surface area contributed by atoms with Crippen LogP contribution in [0, 0.1) is 5.92 Å². The van der Waals surface area contributed by atoms with Gasteiger partial charge in [-0.3, -0.25) is 4.99 Å². The standard InChI is InChI=1S/C19H30BrN3O2S.HI/c1-5-15(11-16-7-6-8-17(20)12-16)13-22-18(21-4)23-9-10-26(24,25)19(2,3)14-23;/h6-8,12,15H,5,9-11,13-14H2,1-4H3,(H,21,22);1H. The number of halogens is 2. The number of benzene rings is 1. The summed E-state index contributed by atoms with van der Waals surface area (Å²) in [5.41, 5.74) is 1.31. The van der Waals surface area contributed by atoms with Crippen LogP contribution in [0.25, 0.3) is 0 Å². The summed E-state index contributed by atoms with van der Waals surface area (Å²) in [6.07, 6.45) is 2.07. The van der Waals surface area contributed by atoms with Crippen molar-refractivity contribution in [1.29, 1.82) is 0 Å². The van der Waals surface area contributed by atoms with Gasteiger partial charge in [-0.1, -0.05) is 41.4 Å². The van der Waals surface area contributed by atoms with Crippen LogP contribution in [0.1, 0.15) is 32.8 Å². The van der Waals surface area contributed by atoms with Gasteiger partial charge in [0.1, 0.15) is 0 Å². The number of nitrogens with zero attached hydrogens (tertiary/aromatic N) is 2. The number of hydrogen-bond donors (Lipinski definition) is 1. The molecule has 0 saturated carbocycles. The van der Waals surface area contributed by atoms with Gasteiger partial charge in [0.2, 0.25) is 0 Å². The van der Waals surface area contributed by atoms with E-state index in [1.165, 1.54) is 5.56 Å². The number of sulfone groups is 1. The summed E-state index contributed by atoms with van der Waals surface area (Å²) in [5, 5.41) is 3.46. The van der Waals surface area contributed by atoms with E-state index in [4.69, 9.17) is 0 Å².